The second-order valence-corrected chi connectivity index (χ2v) is 6.78. The van der Waals surface area contributed by atoms with Crippen LogP contribution < -0.4 is 10.6 Å². The van der Waals surface area contributed by atoms with Gasteiger partial charge in [0.2, 0.25) is 0 Å². The number of furan rings is 1. The maximum Gasteiger partial charge on any atom is 0.123 e. The van der Waals surface area contributed by atoms with Gasteiger partial charge in [-0.25, -0.2) is 4.98 Å². The third-order valence-corrected chi connectivity index (χ3v) is 4.78. The largest absolute Gasteiger partial charge is 0.467 e. The maximum absolute atomic E-state index is 6.30. The van der Waals surface area contributed by atoms with Crippen molar-refractivity contribution in [2.24, 2.45) is 0 Å². The third-order valence-electron chi connectivity index (χ3n) is 3.85. The molecule has 3 aromatic rings. The number of nitrogens with two attached hydrogens (primary N) is 1. The van der Waals surface area contributed by atoms with Gasteiger partial charge in [-0.05, 0) is 44.0 Å². The molecule has 1 saturated carbocycles. The van der Waals surface area contributed by atoms with E-state index in [1.54, 1.807) is 17.6 Å². The van der Waals surface area contributed by atoms with Crippen molar-refractivity contribution in [1.29, 1.82) is 0 Å². The lowest BCUT2D eigenvalue weighted by atomic mass is 10.2. The first-order chi connectivity index (χ1) is 10.2. The van der Waals surface area contributed by atoms with Gasteiger partial charge in [0.25, 0.3) is 0 Å². The normalized spacial score (nSPS) is 14.7. The van der Waals surface area contributed by atoms with Crippen LogP contribution in [0.15, 0.2) is 34.9 Å². The highest BCUT2D eigenvalue weighted by Crippen LogP contribution is 2.39. The van der Waals surface area contributed by atoms with Crippen LogP contribution in [0.25, 0.3) is 10.2 Å². The number of thiazole rings is 1. The van der Waals surface area contributed by atoms with Crippen LogP contribution in [-0.2, 0) is 6.54 Å². The topological polar surface area (TPSA) is 55.3 Å². The number of nitrogen functional groups attached to an aromatic ring is 1. The third kappa shape index (κ3) is 2.38. The number of rotatable bonds is 4. The van der Waals surface area contributed by atoms with E-state index in [2.05, 4.69) is 16.0 Å². The molecule has 108 valence electrons. The van der Waals surface area contributed by atoms with Crippen molar-refractivity contribution in [3.05, 3.63) is 41.3 Å². The molecule has 4 nitrogen and oxygen atoms in total. The van der Waals surface area contributed by atoms with Crippen molar-refractivity contribution in [3.8, 4) is 0 Å². The van der Waals surface area contributed by atoms with Gasteiger partial charge in [0.1, 0.15) is 5.76 Å². The van der Waals surface area contributed by atoms with Gasteiger partial charge in [0.15, 0.2) is 0 Å². The van der Waals surface area contributed by atoms with Crippen molar-refractivity contribution in [2.45, 2.75) is 32.4 Å². The lowest BCUT2D eigenvalue weighted by molar-refractivity contribution is 0.501. The van der Waals surface area contributed by atoms with Crippen molar-refractivity contribution >= 4 is 32.9 Å². The van der Waals surface area contributed by atoms with E-state index in [0.717, 1.165) is 38.9 Å². The molecule has 2 N–H and O–H groups in total. The fourth-order valence-electron chi connectivity index (χ4n) is 2.71. The van der Waals surface area contributed by atoms with Crippen LogP contribution in [0, 0.1) is 6.92 Å². The highest BCUT2D eigenvalue weighted by molar-refractivity contribution is 7.18. The summed E-state index contributed by atoms with van der Waals surface area (Å²) in [5.74, 6) is 0.968. The van der Waals surface area contributed by atoms with Crippen LogP contribution in [0.1, 0.15) is 23.6 Å². The van der Waals surface area contributed by atoms with Crippen molar-refractivity contribution in [3.63, 3.8) is 0 Å². The van der Waals surface area contributed by atoms with Crippen molar-refractivity contribution < 1.29 is 4.42 Å². The lowest BCUT2D eigenvalue weighted by Gasteiger charge is -2.25. The highest BCUT2D eigenvalue weighted by Gasteiger charge is 2.31. The van der Waals surface area contributed by atoms with Gasteiger partial charge in [-0.3, -0.25) is 0 Å². The highest BCUT2D eigenvalue weighted by atomic mass is 32.1. The standard InChI is InChI=1S/C16H17N3OS/c1-10-18-14-8-15(13(17)7-16(14)21-10)19(11-4-5-11)9-12-3-2-6-20-12/h2-3,6-8,11H,4-5,9,17H2,1H3. The van der Waals surface area contributed by atoms with Gasteiger partial charge in [0, 0.05) is 6.04 Å². The van der Waals surface area contributed by atoms with Gasteiger partial charge < -0.3 is 15.1 Å². The van der Waals surface area contributed by atoms with E-state index in [9.17, 15) is 0 Å². The Labute approximate surface area is 127 Å². The fourth-order valence-corrected chi connectivity index (χ4v) is 3.57. The van der Waals surface area contributed by atoms with Crippen LogP contribution >= 0.6 is 11.3 Å². The first-order valence-corrected chi connectivity index (χ1v) is 7.98. The minimum absolute atomic E-state index is 0.564. The Hall–Kier alpha value is -2.01. The Morgan fingerprint density at radius 3 is 3.00 bits per heavy atom. The van der Waals surface area contributed by atoms with E-state index in [-0.39, 0.29) is 0 Å². The second-order valence-electron chi connectivity index (χ2n) is 5.55. The predicted octanol–water partition coefficient (Wildman–Crippen LogP) is 3.95. The summed E-state index contributed by atoms with van der Waals surface area (Å²) in [6.45, 7) is 2.79. The summed E-state index contributed by atoms with van der Waals surface area (Å²) in [7, 11) is 0. The van der Waals surface area contributed by atoms with E-state index < -0.39 is 0 Å². The fraction of sp³-hybridized carbons (Fsp3) is 0.312. The molecule has 0 spiro atoms. The molecular formula is C16H17N3OS. The minimum atomic E-state index is 0.564. The molecular weight excluding hydrogens is 282 g/mol. The molecule has 0 bridgehead atoms. The van der Waals surface area contributed by atoms with Crippen LogP contribution in [0.5, 0.6) is 0 Å². The molecule has 2 heterocycles. The quantitative estimate of drug-likeness (QED) is 0.741. The Morgan fingerprint density at radius 2 is 2.29 bits per heavy atom. The van der Waals surface area contributed by atoms with Crippen LogP contribution in [0.2, 0.25) is 0 Å². The maximum atomic E-state index is 6.30. The Balaban J connectivity index is 1.76. The number of hydrogen-bond acceptors (Lipinski definition) is 5. The summed E-state index contributed by atoms with van der Waals surface area (Å²) >= 11 is 1.69. The number of anilines is 2. The minimum Gasteiger partial charge on any atom is -0.467 e. The molecule has 0 radical (unpaired) electrons. The zero-order valence-electron chi connectivity index (χ0n) is 11.9. The summed E-state index contributed by atoms with van der Waals surface area (Å²) in [4.78, 5) is 6.94. The smallest absolute Gasteiger partial charge is 0.123 e. The Bertz CT molecular complexity index is 774. The molecule has 1 fully saturated rings. The molecule has 0 saturated heterocycles. The summed E-state index contributed by atoms with van der Waals surface area (Å²) < 4.78 is 6.65. The molecule has 1 aromatic carbocycles. The van der Waals surface area contributed by atoms with Gasteiger partial charge in [-0.15, -0.1) is 11.3 Å². The number of nitrogens with zero attached hydrogens (tertiary/aromatic N) is 2. The zero-order valence-corrected chi connectivity index (χ0v) is 12.7. The van der Waals surface area contributed by atoms with E-state index in [0.29, 0.717) is 6.04 Å². The van der Waals surface area contributed by atoms with Gasteiger partial charge >= 0.3 is 0 Å². The number of fused-ring (bicyclic) bond motifs is 1. The van der Waals surface area contributed by atoms with Crippen LogP contribution in [0.3, 0.4) is 0 Å². The van der Waals surface area contributed by atoms with Crippen LogP contribution in [0.4, 0.5) is 11.4 Å². The van der Waals surface area contributed by atoms with Crippen LogP contribution in [-0.4, -0.2) is 11.0 Å². The van der Waals surface area contributed by atoms with E-state index in [4.69, 9.17) is 10.2 Å². The Morgan fingerprint density at radius 1 is 1.43 bits per heavy atom. The van der Waals surface area contributed by atoms with E-state index >= 15 is 0 Å². The molecule has 5 heteroatoms. The number of benzene rings is 1. The van der Waals surface area contributed by atoms with Gasteiger partial charge in [-0.1, -0.05) is 0 Å². The van der Waals surface area contributed by atoms with Crippen molar-refractivity contribution in [1.82, 2.24) is 4.98 Å². The predicted molar refractivity (Wildman–Crippen MR) is 86.7 cm³/mol. The van der Waals surface area contributed by atoms with Gasteiger partial charge in [-0.2, -0.15) is 0 Å². The summed E-state index contributed by atoms with van der Waals surface area (Å²) in [5, 5.41) is 1.07. The average Bonchev–Trinajstić information content (AvgIpc) is 3.03. The van der Waals surface area contributed by atoms with Gasteiger partial charge in [0.05, 0.1) is 39.4 Å². The first kappa shape index (κ1) is 12.7. The lowest BCUT2D eigenvalue weighted by Crippen LogP contribution is -2.25. The number of aryl methyl sites for hydroxylation is 1. The Kier molecular flexibility index (Phi) is 2.89. The van der Waals surface area contributed by atoms with E-state index in [1.165, 1.54) is 12.8 Å². The molecule has 0 unspecified atom stereocenters. The summed E-state index contributed by atoms with van der Waals surface area (Å²) in [6, 6.07) is 8.67. The molecule has 4 rings (SSSR count). The zero-order chi connectivity index (χ0) is 14.4. The molecule has 0 amide bonds. The first-order valence-electron chi connectivity index (χ1n) is 7.16. The summed E-state index contributed by atoms with van der Waals surface area (Å²) in [6.07, 6.45) is 4.15. The molecule has 1 aliphatic rings. The SMILES string of the molecule is Cc1nc2cc(N(Cc3ccco3)C3CC3)c(N)cc2s1. The monoisotopic (exact) mass is 299 g/mol. The second kappa shape index (κ2) is 4.77. The molecule has 21 heavy (non-hydrogen) atoms. The molecule has 0 atom stereocenters. The average molecular weight is 299 g/mol. The van der Waals surface area contributed by atoms with Crippen molar-refractivity contribution in [2.75, 3.05) is 10.6 Å². The number of aromatic nitrogens is 1. The summed E-state index contributed by atoms with van der Waals surface area (Å²) in [5.41, 5.74) is 9.23. The molecule has 1 aliphatic carbocycles. The number of hydrogen-bond donors (Lipinski definition) is 1. The molecule has 0 aliphatic heterocycles. The van der Waals surface area contributed by atoms with E-state index in [1.807, 2.05) is 25.1 Å². The molecule has 2 aromatic heterocycles.